The van der Waals surface area contributed by atoms with Gasteiger partial charge in [-0.15, -0.1) is 0 Å². The average molecular weight is 419 g/mol. The van der Waals surface area contributed by atoms with Crippen LogP contribution in [0.1, 0.15) is 18.9 Å². The third-order valence-electron chi connectivity index (χ3n) is 3.14. The molecule has 0 spiro atoms. The molecule has 2 rings (SSSR count). The van der Waals surface area contributed by atoms with E-state index in [9.17, 15) is 4.79 Å². The van der Waals surface area contributed by atoms with Crippen LogP contribution < -0.4 is 15.0 Å². The second-order valence-corrected chi connectivity index (χ2v) is 6.54. The standard InChI is InChI=1S/C18H18Cl3NO4/c1-2-7-24-16-5-3-12(8-14(16)20)10-26-22-18(23)11-25-17-6-4-13(19)9-15(17)21/h3-6,8-9H,2,7,10-11H2,1H3,(H,22,23). The molecule has 0 aliphatic carbocycles. The molecule has 1 N–H and O–H groups in total. The van der Waals surface area contributed by atoms with E-state index in [1.165, 1.54) is 6.07 Å². The van der Waals surface area contributed by atoms with Gasteiger partial charge >= 0.3 is 0 Å². The van der Waals surface area contributed by atoms with Crippen molar-refractivity contribution in [2.75, 3.05) is 13.2 Å². The third-order valence-corrected chi connectivity index (χ3v) is 3.96. The second-order valence-electron chi connectivity index (χ2n) is 5.29. The zero-order valence-electron chi connectivity index (χ0n) is 14.1. The number of rotatable bonds is 9. The third kappa shape index (κ3) is 6.57. The molecule has 26 heavy (non-hydrogen) atoms. The summed E-state index contributed by atoms with van der Waals surface area (Å²) in [6.45, 7) is 2.53. The van der Waals surface area contributed by atoms with Crippen molar-refractivity contribution in [2.45, 2.75) is 20.0 Å². The Morgan fingerprint density at radius 2 is 1.69 bits per heavy atom. The first-order chi connectivity index (χ1) is 12.5. The van der Waals surface area contributed by atoms with Crippen LogP contribution in [0.3, 0.4) is 0 Å². The molecule has 0 aromatic heterocycles. The van der Waals surface area contributed by atoms with E-state index in [0.717, 1.165) is 12.0 Å². The number of ether oxygens (including phenoxy) is 2. The molecule has 140 valence electrons. The Hall–Kier alpha value is -1.66. The van der Waals surface area contributed by atoms with Crippen LogP contribution in [0.2, 0.25) is 15.1 Å². The van der Waals surface area contributed by atoms with Gasteiger partial charge in [-0.1, -0.05) is 47.8 Å². The molecule has 0 fully saturated rings. The fraction of sp³-hybridized carbons (Fsp3) is 0.278. The zero-order valence-corrected chi connectivity index (χ0v) is 16.3. The number of hydroxylamine groups is 1. The Kier molecular flexibility index (Phi) is 8.32. The molecular formula is C18H18Cl3NO4. The lowest BCUT2D eigenvalue weighted by atomic mass is 10.2. The molecule has 5 nitrogen and oxygen atoms in total. The minimum atomic E-state index is -0.454. The number of benzene rings is 2. The smallest absolute Gasteiger partial charge is 0.281 e. The van der Waals surface area contributed by atoms with Crippen molar-refractivity contribution in [3.8, 4) is 11.5 Å². The molecule has 2 aromatic rings. The van der Waals surface area contributed by atoms with Crippen LogP contribution in [0.5, 0.6) is 11.5 Å². The fourth-order valence-electron chi connectivity index (χ4n) is 1.93. The predicted octanol–water partition coefficient (Wildman–Crippen LogP) is 5.06. The summed E-state index contributed by atoms with van der Waals surface area (Å²) in [5, 5.41) is 1.30. The maximum Gasteiger partial charge on any atom is 0.281 e. The highest BCUT2D eigenvalue weighted by molar-refractivity contribution is 6.35. The number of halogens is 3. The Bertz CT molecular complexity index is 755. The molecule has 0 unspecified atom stereocenters. The number of nitrogens with one attached hydrogen (secondary N) is 1. The molecule has 0 heterocycles. The Labute approximate surface area is 167 Å². The summed E-state index contributed by atoms with van der Waals surface area (Å²) >= 11 is 17.9. The van der Waals surface area contributed by atoms with Gasteiger partial charge in [0.05, 0.1) is 23.3 Å². The van der Waals surface area contributed by atoms with Crippen molar-refractivity contribution in [3.05, 3.63) is 57.0 Å². The molecule has 0 atom stereocenters. The van der Waals surface area contributed by atoms with E-state index in [4.69, 9.17) is 49.1 Å². The van der Waals surface area contributed by atoms with Crippen molar-refractivity contribution in [2.24, 2.45) is 0 Å². The lowest BCUT2D eigenvalue weighted by Crippen LogP contribution is -2.29. The van der Waals surface area contributed by atoms with Gasteiger partial charge < -0.3 is 9.47 Å². The Morgan fingerprint density at radius 3 is 2.38 bits per heavy atom. The van der Waals surface area contributed by atoms with Crippen molar-refractivity contribution in [1.82, 2.24) is 5.48 Å². The maximum absolute atomic E-state index is 11.7. The van der Waals surface area contributed by atoms with Gasteiger partial charge in [0.2, 0.25) is 0 Å². The summed E-state index contributed by atoms with van der Waals surface area (Å²) in [5.41, 5.74) is 3.09. The van der Waals surface area contributed by atoms with Crippen LogP contribution in [-0.4, -0.2) is 19.1 Å². The van der Waals surface area contributed by atoms with Gasteiger partial charge in [-0.05, 0) is 42.3 Å². The first kappa shape index (κ1) is 20.6. The van der Waals surface area contributed by atoms with Crippen molar-refractivity contribution in [1.29, 1.82) is 0 Å². The van der Waals surface area contributed by atoms with Gasteiger partial charge in [0.15, 0.2) is 6.61 Å². The maximum atomic E-state index is 11.7. The molecule has 0 bridgehead atoms. The Balaban J connectivity index is 1.75. The van der Waals surface area contributed by atoms with Crippen LogP contribution in [0.4, 0.5) is 0 Å². The number of hydrogen-bond donors (Lipinski definition) is 1. The molecule has 2 aromatic carbocycles. The van der Waals surface area contributed by atoms with E-state index >= 15 is 0 Å². The first-order valence-corrected chi connectivity index (χ1v) is 9.02. The quantitative estimate of drug-likeness (QED) is 0.578. The topological polar surface area (TPSA) is 56.8 Å². The van der Waals surface area contributed by atoms with E-state index in [1.54, 1.807) is 24.3 Å². The number of carbonyl (C=O) groups is 1. The number of carbonyl (C=O) groups excluding carboxylic acids is 1. The van der Waals surface area contributed by atoms with Gasteiger partial charge in [0.25, 0.3) is 5.91 Å². The van der Waals surface area contributed by atoms with E-state index < -0.39 is 5.91 Å². The Morgan fingerprint density at radius 1 is 1.00 bits per heavy atom. The van der Waals surface area contributed by atoms with Gasteiger partial charge in [-0.25, -0.2) is 5.48 Å². The first-order valence-electron chi connectivity index (χ1n) is 7.89. The minimum Gasteiger partial charge on any atom is -0.492 e. The summed E-state index contributed by atoms with van der Waals surface area (Å²) in [5.74, 6) is 0.528. The summed E-state index contributed by atoms with van der Waals surface area (Å²) in [6.07, 6.45) is 0.899. The van der Waals surface area contributed by atoms with E-state index in [2.05, 4.69) is 5.48 Å². The van der Waals surface area contributed by atoms with E-state index in [-0.39, 0.29) is 13.2 Å². The van der Waals surface area contributed by atoms with Crippen LogP contribution in [0, 0.1) is 0 Å². The average Bonchev–Trinajstić information content (AvgIpc) is 2.60. The second kappa shape index (κ2) is 10.5. The fourth-order valence-corrected chi connectivity index (χ4v) is 2.65. The zero-order chi connectivity index (χ0) is 18.9. The summed E-state index contributed by atoms with van der Waals surface area (Å²) in [6, 6.07) is 10.0. The van der Waals surface area contributed by atoms with Crippen LogP contribution in [0.15, 0.2) is 36.4 Å². The lowest BCUT2D eigenvalue weighted by molar-refractivity contribution is -0.136. The summed E-state index contributed by atoms with van der Waals surface area (Å²) in [4.78, 5) is 16.9. The van der Waals surface area contributed by atoms with Crippen molar-refractivity contribution >= 4 is 40.7 Å². The van der Waals surface area contributed by atoms with Gasteiger partial charge in [-0.2, -0.15) is 0 Å². The van der Waals surface area contributed by atoms with E-state index in [0.29, 0.717) is 33.2 Å². The monoisotopic (exact) mass is 417 g/mol. The highest BCUT2D eigenvalue weighted by atomic mass is 35.5. The molecule has 1 amide bonds. The van der Waals surface area contributed by atoms with Crippen LogP contribution in [0.25, 0.3) is 0 Å². The summed E-state index contributed by atoms with van der Waals surface area (Å²) < 4.78 is 10.8. The van der Waals surface area contributed by atoms with Gasteiger partial charge in [0, 0.05) is 5.02 Å². The highest BCUT2D eigenvalue weighted by Crippen LogP contribution is 2.27. The number of hydrogen-bond acceptors (Lipinski definition) is 4. The predicted molar refractivity (Wildman–Crippen MR) is 102 cm³/mol. The molecule has 0 radical (unpaired) electrons. The van der Waals surface area contributed by atoms with E-state index in [1.807, 2.05) is 13.0 Å². The molecule has 0 aliphatic rings. The number of amides is 1. The highest BCUT2D eigenvalue weighted by Gasteiger charge is 2.08. The molecule has 0 saturated heterocycles. The minimum absolute atomic E-state index is 0.154. The van der Waals surface area contributed by atoms with Gasteiger partial charge in [0.1, 0.15) is 11.5 Å². The largest absolute Gasteiger partial charge is 0.492 e. The lowest BCUT2D eigenvalue weighted by Gasteiger charge is -2.10. The molecular weight excluding hydrogens is 401 g/mol. The normalized spacial score (nSPS) is 10.5. The molecule has 8 heteroatoms. The van der Waals surface area contributed by atoms with Crippen molar-refractivity contribution in [3.63, 3.8) is 0 Å². The van der Waals surface area contributed by atoms with Crippen LogP contribution >= 0.6 is 34.8 Å². The SMILES string of the molecule is CCCOc1ccc(CONC(=O)COc2ccc(Cl)cc2Cl)cc1Cl. The van der Waals surface area contributed by atoms with Gasteiger partial charge in [-0.3, -0.25) is 9.63 Å². The molecule has 0 aliphatic heterocycles. The summed E-state index contributed by atoms with van der Waals surface area (Å²) in [7, 11) is 0. The molecule has 0 saturated carbocycles. The van der Waals surface area contributed by atoms with Crippen LogP contribution in [-0.2, 0) is 16.2 Å². The van der Waals surface area contributed by atoms with Crippen molar-refractivity contribution < 1.29 is 19.1 Å².